The molecule has 4 heterocycles. The van der Waals surface area contributed by atoms with E-state index in [2.05, 4.69) is 39.9 Å². The van der Waals surface area contributed by atoms with E-state index in [4.69, 9.17) is 8.22 Å². The summed E-state index contributed by atoms with van der Waals surface area (Å²) in [5, 5.41) is 3.13. The maximum absolute atomic E-state index is 9.01. The summed E-state index contributed by atoms with van der Waals surface area (Å²) in [5.74, 6) is 2.65. The topological polar surface area (TPSA) is 103 Å². The normalized spacial score (nSPS) is 11.7. The Morgan fingerprint density at radius 1 is 0.184 bits per heavy atom. The van der Waals surface area contributed by atoms with Crippen molar-refractivity contribution in [3.63, 3.8) is 0 Å². The van der Waals surface area contributed by atoms with Gasteiger partial charge in [0.15, 0.2) is 0 Å². The van der Waals surface area contributed by atoms with E-state index >= 15 is 0 Å². The van der Waals surface area contributed by atoms with Gasteiger partial charge >= 0.3 is 0 Å². The molecule has 98 heavy (non-hydrogen) atoms. The first kappa shape index (κ1) is 55.7. The van der Waals surface area contributed by atoms with Gasteiger partial charge < -0.3 is 0 Å². The highest BCUT2D eigenvalue weighted by Crippen LogP contribution is 2.35. The Morgan fingerprint density at radius 3 is 0.939 bits per heavy atom. The molecule has 4 aromatic heterocycles. The van der Waals surface area contributed by atoms with Crippen molar-refractivity contribution in [1.29, 1.82) is 0 Å². The summed E-state index contributed by atoms with van der Waals surface area (Å²) in [6.45, 7) is 7.45. The maximum Gasteiger partial charge on any atom is 0.126 e. The zero-order valence-corrected chi connectivity index (χ0v) is 54.4. The van der Waals surface area contributed by atoms with Gasteiger partial charge in [0, 0.05) is 43.8 Å². The number of aromatic nitrogens is 8. The second-order valence-electron chi connectivity index (χ2n) is 23.4. The fraction of sp³-hybridized carbons (Fsp3) is 0.0444. The molecular formula is C90H68N8. The fourth-order valence-corrected chi connectivity index (χ4v) is 11.8. The molecule has 13 aromatic carbocycles. The van der Waals surface area contributed by atoms with Crippen molar-refractivity contribution in [3.8, 4) is 101 Å². The van der Waals surface area contributed by atoms with Crippen molar-refractivity contribution in [2.45, 2.75) is 27.7 Å². The molecule has 17 rings (SSSR count). The molecule has 0 bridgehead atoms. The summed E-state index contributed by atoms with van der Waals surface area (Å²) in [7, 11) is 0. The number of benzene rings is 13. The fourth-order valence-electron chi connectivity index (χ4n) is 11.8. The first-order chi connectivity index (χ1) is 50.7. The molecule has 0 fully saturated rings. The molecule has 0 atom stereocenters. The average Bonchev–Trinajstić information content (AvgIpc) is 0.749. The van der Waals surface area contributed by atoms with Gasteiger partial charge in [0.25, 0.3) is 0 Å². The van der Waals surface area contributed by atoms with Crippen molar-refractivity contribution in [3.05, 3.63) is 363 Å². The Hall–Kier alpha value is -12.8. The van der Waals surface area contributed by atoms with E-state index in [1.165, 1.54) is 0 Å². The Morgan fingerprint density at radius 2 is 0.490 bits per heavy atom. The van der Waals surface area contributed by atoms with Crippen molar-refractivity contribution < 1.29 is 8.22 Å². The summed E-state index contributed by atoms with van der Waals surface area (Å²) >= 11 is 0. The molecule has 0 unspecified atom stereocenters. The van der Waals surface area contributed by atoms with Crippen LogP contribution in [0.3, 0.4) is 0 Å². The summed E-state index contributed by atoms with van der Waals surface area (Å²) < 4.78 is 51.9. The second-order valence-corrected chi connectivity index (χ2v) is 23.4. The van der Waals surface area contributed by atoms with Gasteiger partial charge in [-0.3, -0.25) is 0 Å². The number of aryl methyl sites for hydroxylation is 4. The predicted molar refractivity (Wildman–Crippen MR) is 406 cm³/mol. The largest absolute Gasteiger partial charge is 0.233 e. The molecular weight excluding hydrogens is 1190 g/mol. The van der Waals surface area contributed by atoms with Crippen LogP contribution in [0.2, 0.25) is 0 Å². The number of nitrogens with zero attached hydrogens (tertiary/aromatic N) is 8. The smallest absolute Gasteiger partial charge is 0.126 e. The highest BCUT2D eigenvalue weighted by Gasteiger charge is 2.15. The molecule has 0 saturated carbocycles. The standard InChI is InChI=1S/C27H20N2.3C21H16N2/c1-19-28-26-17-16-24(18-25(26)27(29-19)23-10-6-3-7-11-23)22-14-12-21(13-15-22)20-8-4-2-5-9-20;3*1-15-22-20-14-18(16-8-4-2-5-9-16)12-13-19(20)21(23-15)17-10-6-3-7-11-17/h2-18H,1H3;3*2-14H,1H3/i16D,17D,18D;14D;13D;12D. The van der Waals surface area contributed by atoms with Crippen LogP contribution in [0.4, 0.5) is 0 Å². The van der Waals surface area contributed by atoms with Gasteiger partial charge in [-0.25, -0.2) is 39.9 Å². The average molecular weight is 1270 g/mol. The first-order valence-electron chi connectivity index (χ1n) is 35.4. The lowest BCUT2D eigenvalue weighted by molar-refractivity contribution is 1.10. The lowest BCUT2D eigenvalue weighted by Gasteiger charge is -2.10. The molecule has 17 aromatic rings. The van der Waals surface area contributed by atoms with Crippen LogP contribution in [-0.4, -0.2) is 39.9 Å². The van der Waals surface area contributed by atoms with Gasteiger partial charge in [-0.1, -0.05) is 291 Å². The molecule has 0 saturated heterocycles. The van der Waals surface area contributed by atoms with Crippen LogP contribution in [-0.2, 0) is 0 Å². The molecule has 0 N–H and O–H groups in total. The van der Waals surface area contributed by atoms with Crippen molar-refractivity contribution in [2.24, 2.45) is 0 Å². The monoisotopic (exact) mass is 1270 g/mol. The summed E-state index contributed by atoms with van der Waals surface area (Å²) in [5.41, 5.74) is 19.1. The van der Waals surface area contributed by atoms with Gasteiger partial charge in [-0.15, -0.1) is 0 Å². The maximum atomic E-state index is 9.01. The number of hydrogen-bond donors (Lipinski definition) is 0. The van der Waals surface area contributed by atoms with E-state index in [0.29, 0.717) is 63.3 Å². The zero-order chi connectivity index (χ0) is 71.8. The van der Waals surface area contributed by atoms with Crippen LogP contribution >= 0.6 is 0 Å². The summed E-state index contributed by atoms with van der Waals surface area (Å²) in [6.07, 6.45) is 0. The van der Waals surface area contributed by atoms with E-state index in [9.17, 15) is 0 Å². The molecule has 0 aliphatic heterocycles. The van der Waals surface area contributed by atoms with E-state index < -0.39 is 0 Å². The minimum Gasteiger partial charge on any atom is -0.233 e. The molecule has 8 nitrogen and oxygen atoms in total. The highest BCUT2D eigenvalue weighted by molar-refractivity contribution is 5.98. The van der Waals surface area contributed by atoms with Crippen LogP contribution in [0.1, 0.15) is 31.5 Å². The molecule has 0 radical (unpaired) electrons. The van der Waals surface area contributed by atoms with Gasteiger partial charge in [0.1, 0.15) is 23.3 Å². The van der Waals surface area contributed by atoms with Gasteiger partial charge in [-0.05, 0) is 132 Å². The second kappa shape index (κ2) is 29.2. The Kier molecular flexibility index (Phi) is 16.6. The predicted octanol–water partition coefficient (Wildman–Crippen LogP) is 22.8. The summed E-state index contributed by atoms with van der Waals surface area (Å²) in [6, 6.07) is 101. The van der Waals surface area contributed by atoms with E-state index in [-0.39, 0.29) is 18.1 Å². The van der Waals surface area contributed by atoms with Crippen LogP contribution in [0.15, 0.2) is 340 Å². The minimum atomic E-state index is 0.00655. The number of hydrogen-bond acceptors (Lipinski definition) is 8. The van der Waals surface area contributed by atoms with E-state index in [0.717, 1.165) is 122 Å². The Balaban J connectivity index is 0.000000118. The van der Waals surface area contributed by atoms with Crippen molar-refractivity contribution >= 4 is 43.6 Å². The van der Waals surface area contributed by atoms with E-state index in [1.54, 1.807) is 6.92 Å². The SMILES string of the molecule is [2H]c1c(-c2ccc(-c3ccccc3)cc2)c([2H])c2c(-c3ccccc3)nc(C)nc2c1[2H].[2H]c1c(-c2ccccc2)ccc2c(-c3ccccc3)nc(C)nc12.[2H]c1cc(-c2ccccc2)cc2nc(C)nc(-c3ccccc3)c12.[2H]c1cc2c(-c3ccccc3)nc(C)nc2cc1-c1ccccc1. The van der Waals surface area contributed by atoms with Crippen LogP contribution in [0.5, 0.6) is 0 Å². The number of rotatable bonds is 9. The molecule has 0 amide bonds. The zero-order valence-electron chi connectivity index (χ0n) is 60.4. The van der Waals surface area contributed by atoms with Crippen molar-refractivity contribution in [2.75, 3.05) is 0 Å². The third kappa shape index (κ3) is 14.5. The third-order valence-corrected chi connectivity index (χ3v) is 16.5. The molecule has 8 heteroatoms. The van der Waals surface area contributed by atoms with Gasteiger partial charge in [0.2, 0.25) is 0 Å². The quantitative estimate of drug-likeness (QED) is 0.141. The van der Waals surface area contributed by atoms with Crippen LogP contribution < -0.4 is 0 Å². The van der Waals surface area contributed by atoms with Gasteiger partial charge in [-0.2, -0.15) is 0 Å². The molecule has 0 spiro atoms. The highest BCUT2D eigenvalue weighted by atomic mass is 14.9. The van der Waals surface area contributed by atoms with Crippen molar-refractivity contribution in [1.82, 2.24) is 39.9 Å². The third-order valence-electron chi connectivity index (χ3n) is 16.5. The number of fused-ring (bicyclic) bond motifs is 4. The Labute approximate surface area is 580 Å². The lowest BCUT2D eigenvalue weighted by atomic mass is 9.98. The lowest BCUT2D eigenvalue weighted by Crippen LogP contribution is -1.94. The molecule has 0 aliphatic carbocycles. The van der Waals surface area contributed by atoms with Crippen LogP contribution in [0.25, 0.3) is 144 Å². The summed E-state index contributed by atoms with van der Waals surface area (Å²) in [4.78, 5) is 36.6. The molecule has 468 valence electrons. The molecule has 0 aliphatic rings. The van der Waals surface area contributed by atoms with E-state index in [1.807, 2.05) is 324 Å². The Bertz CT molecular complexity index is 5850. The van der Waals surface area contributed by atoms with Gasteiger partial charge in [0.05, 0.1) is 53.1 Å². The minimum absolute atomic E-state index is 0.00655. The first-order valence-corrected chi connectivity index (χ1v) is 32.4. The van der Waals surface area contributed by atoms with Crippen LogP contribution in [0, 0.1) is 27.7 Å².